The molecule has 4 rings (SSSR count). The van der Waals surface area contributed by atoms with E-state index in [-0.39, 0.29) is 30.2 Å². The highest BCUT2D eigenvalue weighted by molar-refractivity contribution is 5.92. The number of carbonyl (C=O) groups excluding carboxylic acids is 5. The van der Waals surface area contributed by atoms with Gasteiger partial charge in [-0.3, -0.25) is 4.79 Å². The number of hydrogen-bond acceptors (Lipinski definition) is 12. The molecule has 0 bridgehead atoms. The van der Waals surface area contributed by atoms with Gasteiger partial charge in [0.25, 0.3) is 0 Å². The van der Waals surface area contributed by atoms with E-state index in [4.69, 9.17) is 33.2 Å². The van der Waals surface area contributed by atoms with Crippen molar-refractivity contribution in [1.82, 2.24) is 0 Å². The maximum Gasteiger partial charge on any atom is 0.343 e. The third kappa shape index (κ3) is 17.8. The van der Waals surface area contributed by atoms with Crippen molar-refractivity contribution in [3.05, 3.63) is 131 Å². The molecule has 12 heteroatoms. The first-order chi connectivity index (χ1) is 29.5. The fourth-order valence-corrected chi connectivity index (χ4v) is 5.56. The van der Waals surface area contributed by atoms with Gasteiger partial charge in [0.2, 0.25) is 0 Å². The van der Waals surface area contributed by atoms with E-state index < -0.39 is 17.9 Å². The second-order valence-corrected chi connectivity index (χ2v) is 14.6. The summed E-state index contributed by atoms with van der Waals surface area (Å²) in [6.45, 7) is 10.8. The largest absolute Gasteiger partial charge is 0.494 e. The molecule has 12 nitrogen and oxygen atoms in total. The van der Waals surface area contributed by atoms with Crippen molar-refractivity contribution in [2.24, 2.45) is 5.92 Å². The van der Waals surface area contributed by atoms with Gasteiger partial charge in [0.05, 0.1) is 55.6 Å². The molecule has 0 saturated carbocycles. The number of ether oxygens (including phenoxy) is 7. The van der Waals surface area contributed by atoms with Gasteiger partial charge in [-0.05, 0) is 149 Å². The van der Waals surface area contributed by atoms with Crippen LogP contribution in [0.15, 0.2) is 109 Å². The van der Waals surface area contributed by atoms with Gasteiger partial charge in [-0.1, -0.05) is 32.6 Å². The quantitative estimate of drug-likeness (QED) is 0.0195. The second-order valence-electron chi connectivity index (χ2n) is 14.6. The Bertz CT molecular complexity index is 2000. The van der Waals surface area contributed by atoms with Crippen molar-refractivity contribution in [2.75, 3.05) is 33.0 Å². The Morgan fingerprint density at radius 3 is 1.30 bits per heavy atom. The number of carbonyl (C=O) groups is 5. The Balaban J connectivity index is 1.07. The standard InChI is InChI=1S/C49H56O12/c1-35(2)45(50)57-32-11-7-5-9-30-55-41-23-15-39(16-24-41)48(53)60-43-21-13-37(14-22-43)29-34-59-47(52)38-19-27-44(28-20-38)61-49(54)40-17-25-42(26-18-40)56-31-10-6-8-12-33-58-46(51)36(3)4/h13-28,36H,1,5-12,29-34H2,2-4H3. The summed E-state index contributed by atoms with van der Waals surface area (Å²) in [7, 11) is 0. The number of unbranched alkanes of at least 4 members (excludes halogenated alkanes) is 6. The van der Waals surface area contributed by atoms with Gasteiger partial charge in [0.15, 0.2) is 0 Å². The normalized spacial score (nSPS) is 10.7. The van der Waals surface area contributed by atoms with E-state index >= 15 is 0 Å². The fraction of sp³-hybridized carbons (Fsp3) is 0.367. The SMILES string of the molecule is C=C(C)C(=O)OCCCCCCOc1ccc(C(=O)Oc2ccc(CCOC(=O)c3ccc(OC(=O)c4ccc(OCCCCCCOC(=O)C(C)C)cc4)cc3)cc2)cc1. The summed E-state index contributed by atoms with van der Waals surface area (Å²) in [4.78, 5) is 60.9. The molecule has 0 unspecified atom stereocenters. The maximum absolute atomic E-state index is 12.7. The van der Waals surface area contributed by atoms with Gasteiger partial charge in [-0.25, -0.2) is 19.2 Å². The smallest absolute Gasteiger partial charge is 0.343 e. The average molecular weight is 837 g/mol. The van der Waals surface area contributed by atoms with E-state index in [1.165, 1.54) is 24.3 Å². The lowest BCUT2D eigenvalue weighted by Gasteiger charge is -2.09. The second kappa shape index (κ2) is 25.9. The molecule has 0 N–H and O–H groups in total. The summed E-state index contributed by atoms with van der Waals surface area (Å²) in [6, 6.07) is 26.5. The van der Waals surface area contributed by atoms with Crippen LogP contribution < -0.4 is 18.9 Å². The van der Waals surface area contributed by atoms with Crippen LogP contribution in [0.3, 0.4) is 0 Å². The molecular weight excluding hydrogens is 781 g/mol. The summed E-state index contributed by atoms with van der Waals surface area (Å²) in [6.07, 6.45) is 7.54. The fourth-order valence-electron chi connectivity index (χ4n) is 5.56. The highest BCUT2D eigenvalue weighted by Gasteiger charge is 2.13. The van der Waals surface area contributed by atoms with Gasteiger partial charge in [-0.15, -0.1) is 0 Å². The number of esters is 5. The minimum absolute atomic E-state index is 0.111. The van der Waals surface area contributed by atoms with Gasteiger partial charge in [0, 0.05) is 12.0 Å². The van der Waals surface area contributed by atoms with Crippen LogP contribution in [-0.4, -0.2) is 62.9 Å². The van der Waals surface area contributed by atoms with Crippen molar-refractivity contribution < 1.29 is 57.1 Å². The van der Waals surface area contributed by atoms with Crippen LogP contribution in [0.1, 0.15) is 109 Å². The van der Waals surface area contributed by atoms with Gasteiger partial charge in [0.1, 0.15) is 23.0 Å². The van der Waals surface area contributed by atoms with Gasteiger partial charge in [-0.2, -0.15) is 0 Å². The lowest BCUT2D eigenvalue weighted by atomic mass is 10.1. The van der Waals surface area contributed by atoms with Crippen molar-refractivity contribution in [3.8, 4) is 23.0 Å². The van der Waals surface area contributed by atoms with E-state index in [1.807, 2.05) is 13.8 Å². The molecule has 0 saturated heterocycles. The lowest BCUT2D eigenvalue weighted by molar-refractivity contribution is -0.147. The monoisotopic (exact) mass is 836 g/mol. The number of benzene rings is 4. The van der Waals surface area contributed by atoms with Gasteiger partial charge < -0.3 is 33.2 Å². The van der Waals surface area contributed by atoms with E-state index in [0.717, 1.165) is 56.9 Å². The number of rotatable bonds is 26. The Morgan fingerprint density at radius 2 is 0.852 bits per heavy atom. The lowest BCUT2D eigenvalue weighted by Crippen LogP contribution is -2.12. The first-order valence-electron chi connectivity index (χ1n) is 20.7. The van der Waals surface area contributed by atoms with Crippen LogP contribution in [0.2, 0.25) is 0 Å². The molecule has 0 aliphatic heterocycles. The third-order valence-electron chi connectivity index (χ3n) is 9.15. The summed E-state index contributed by atoms with van der Waals surface area (Å²) >= 11 is 0. The molecule has 0 radical (unpaired) electrons. The molecule has 0 atom stereocenters. The molecule has 0 amide bonds. The maximum atomic E-state index is 12.7. The molecule has 0 heterocycles. The molecule has 0 fully saturated rings. The Hall–Kier alpha value is -6.43. The highest BCUT2D eigenvalue weighted by atomic mass is 16.5. The molecule has 61 heavy (non-hydrogen) atoms. The van der Waals surface area contributed by atoms with Crippen LogP contribution >= 0.6 is 0 Å². The van der Waals surface area contributed by atoms with Crippen LogP contribution in [-0.2, 0) is 30.2 Å². The molecule has 0 aliphatic carbocycles. The molecule has 4 aromatic rings. The average Bonchev–Trinajstić information content (AvgIpc) is 3.26. The van der Waals surface area contributed by atoms with Gasteiger partial charge >= 0.3 is 29.8 Å². The zero-order valence-corrected chi connectivity index (χ0v) is 35.3. The Morgan fingerprint density at radius 1 is 0.459 bits per heavy atom. The predicted molar refractivity (Wildman–Crippen MR) is 229 cm³/mol. The summed E-state index contributed by atoms with van der Waals surface area (Å²) in [5, 5.41) is 0. The first-order valence-corrected chi connectivity index (χ1v) is 20.7. The number of hydrogen-bond donors (Lipinski definition) is 0. The molecule has 0 aliphatic rings. The van der Waals surface area contributed by atoms with Crippen molar-refractivity contribution in [3.63, 3.8) is 0 Å². The first kappa shape index (κ1) is 47.3. The summed E-state index contributed by atoms with van der Waals surface area (Å²) in [5.74, 6) is -0.243. The Kier molecular flexibility index (Phi) is 20.1. The molecule has 4 aromatic carbocycles. The molecule has 0 spiro atoms. The minimum atomic E-state index is -0.543. The van der Waals surface area contributed by atoms with Crippen LogP contribution in [0.5, 0.6) is 23.0 Å². The van der Waals surface area contributed by atoms with E-state index in [0.29, 0.717) is 72.4 Å². The molecule has 0 aromatic heterocycles. The van der Waals surface area contributed by atoms with Crippen LogP contribution in [0.25, 0.3) is 0 Å². The summed E-state index contributed by atoms with van der Waals surface area (Å²) in [5.41, 5.74) is 2.33. The molecule has 324 valence electrons. The highest BCUT2D eigenvalue weighted by Crippen LogP contribution is 2.20. The molecular formula is C49H56O12. The Labute approximate surface area is 358 Å². The van der Waals surface area contributed by atoms with Crippen molar-refractivity contribution >= 4 is 29.8 Å². The predicted octanol–water partition coefficient (Wildman–Crippen LogP) is 9.72. The summed E-state index contributed by atoms with van der Waals surface area (Å²) < 4.78 is 38.3. The zero-order valence-electron chi connectivity index (χ0n) is 35.3. The zero-order chi connectivity index (χ0) is 43.8. The van der Waals surface area contributed by atoms with Crippen molar-refractivity contribution in [1.29, 1.82) is 0 Å². The topological polar surface area (TPSA) is 150 Å². The minimum Gasteiger partial charge on any atom is -0.494 e. The van der Waals surface area contributed by atoms with Crippen LogP contribution in [0.4, 0.5) is 0 Å². The van der Waals surface area contributed by atoms with E-state index in [2.05, 4.69) is 6.58 Å². The third-order valence-corrected chi connectivity index (χ3v) is 9.15. The van der Waals surface area contributed by atoms with Crippen molar-refractivity contribution in [2.45, 2.75) is 78.6 Å². The van der Waals surface area contributed by atoms with E-state index in [1.54, 1.807) is 79.7 Å². The van der Waals surface area contributed by atoms with E-state index in [9.17, 15) is 24.0 Å². The van der Waals surface area contributed by atoms with Crippen LogP contribution in [0, 0.1) is 5.92 Å².